The van der Waals surface area contributed by atoms with E-state index in [2.05, 4.69) is 4.74 Å². The van der Waals surface area contributed by atoms with Crippen LogP contribution in [0, 0.1) is 5.92 Å². The number of benzene rings is 1. The van der Waals surface area contributed by atoms with E-state index in [1.165, 1.54) is 12.8 Å². The molecule has 82 valence electrons. The molecule has 15 heavy (non-hydrogen) atoms. The molecule has 2 rings (SSSR count). The highest BCUT2D eigenvalue weighted by Crippen LogP contribution is 2.33. The Labute approximate surface area is 88.1 Å². The van der Waals surface area contributed by atoms with E-state index in [-0.39, 0.29) is 5.75 Å². The van der Waals surface area contributed by atoms with Crippen LogP contribution in [-0.2, 0) is 6.42 Å². The van der Waals surface area contributed by atoms with Crippen LogP contribution in [-0.4, -0.2) is 6.61 Å². The van der Waals surface area contributed by atoms with Crippen LogP contribution in [0.2, 0.25) is 0 Å². The lowest BCUT2D eigenvalue weighted by molar-refractivity contribution is -0.0498. The second kappa shape index (κ2) is 4.60. The van der Waals surface area contributed by atoms with Crippen molar-refractivity contribution in [3.8, 4) is 5.75 Å². The smallest absolute Gasteiger partial charge is 0.387 e. The summed E-state index contributed by atoms with van der Waals surface area (Å²) in [6, 6.07) is 6.99. The third-order valence-electron chi connectivity index (χ3n) is 2.66. The highest BCUT2D eigenvalue weighted by molar-refractivity contribution is 5.28. The Bertz CT molecular complexity index is 321. The Morgan fingerprint density at radius 1 is 1.33 bits per heavy atom. The lowest BCUT2D eigenvalue weighted by Gasteiger charge is -2.06. The van der Waals surface area contributed by atoms with Crippen LogP contribution >= 0.6 is 0 Å². The summed E-state index contributed by atoms with van der Waals surface area (Å²) < 4.78 is 28.3. The summed E-state index contributed by atoms with van der Waals surface area (Å²) in [6.45, 7) is -2.73. The van der Waals surface area contributed by atoms with Gasteiger partial charge < -0.3 is 4.74 Å². The number of ether oxygens (including phenoxy) is 1. The Balaban J connectivity index is 1.91. The molecule has 3 heteroatoms. The predicted octanol–water partition coefficient (Wildman–Crippen LogP) is 3.63. The van der Waals surface area contributed by atoms with Gasteiger partial charge in [0.2, 0.25) is 0 Å². The van der Waals surface area contributed by atoms with E-state index in [0.29, 0.717) is 0 Å². The zero-order valence-corrected chi connectivity index (χ0v) is 8.46. The summed E-state index contributed by atoms with van der Waals surface area (Å²) in [5, 5.41) is 0. The Morgan fingerprint density at radius 2 is 2.13 bits per heavy atom. The maximum Gasteiger partial charge on any atom is 0.387 e. The molecule has 1 aliphatic carbocycles. The standard InChI is InChI=1S/C12H14F2O/c13-12(14)15-11-3-1-2-10(8-11)7-6-9-4-5-9/h1-3,8-9,12H,4-7H2. The monoisotopic (exact) mass is 212 g/mol. The van der Waals surface area contributed by atoms with Crippen molar-refractivity contribution in [2.45, 2.75) is 32.3 Å². The van der Waals surface area contributed by atoms with Crippen molar-refractivity contribution in [2.75, 3.05) is 0 Å². The molecular formula is C12H14F2O. The first kappa shape index (κ1) is 10.4. The van der Waals surface area contributed by atoms with E-state index in [4.69, 9.17) is 0 Å². The maximum atomic E-state index is 12.0. The van der Waals surface area contributed by atoms with E-state index < -0.39 is 6.61 Å². The maximum absolute atomic E-state index is 12.0. The average Bonchev–Trinajstić information content (AvgIpc) is 2.97. The molecule has 0 amide bonds. The third-order valence-corrected chi connectivity index (χ3v) is 2.66. The summed E-state index contributed by atoms with van der Waals surface area (Å²) in [5.74, 6) is 1.13. The van der Waals surface area contributed by atoms with Crippen LogP contribution in [0.5, 0.6) is 5.75 Å². The fourth-order valence-corrected chi connectivity index (χ4v) is 1.65. The predicted molar refractivity (Wildman–Crippen MR) is 54.1 cm³/mol. The van der Waals surface area contributed by atoms with Crippen molar-refractivity contribution in [1.29, 1.82) is 0 Å². The zero-order valence-electron chi connectivity index (χ0n) is 8.46. The van der Waals surface area contributed by atoms with Crippen molar-refractivity contribution in [1.82, 2.24) is 0 Å². The van der Waals surface area contributed by atoms with Gasteiger partial charge in [-0.2, -0.15) is 8.78 Å². The van der Waals surface area contributed by atoms with Gasteiger partial charge in [-0.15, -0.1) is 0 Å². The van der Waals surface area contributed by atoms with E-state index in [0.717, 1.165) is 24.3 Å². The van der Waals surface area contributed by atoms with Gasteiger partial charge in [0.05, 0.1) is 0 Å². The Hall–Kier alpha value is -1.12. The number of hydrogen-bond acceptors (Lipinski definition) is 1. The molecule has 0 heterocycles. The number of halogens is 2. The van der Waals surface area contributed by atoms with Gasteiger partial charge in [-0.25, -0.2) is 0 Å². The molecule has 1 saturated carbocycles. The lowest BCUT2D eigenvalue weighted by Crippen LogP contribution is -2.02. The first-order chi connectivity index (χ1) is 7.24. The summed E-state index contributed by atoms with van der Waals surface area (Å²) in [5.41, 5.74) is 1.08. The van der Waals surface area contributed by atoms with Gasteiger partial charge in [0.25, 0.3) is 0 Å². The molecule has 0 saturated heterocycles. The second-order valence-electron chi connectivity index (χ2n) is 4.01. The molecule has 0 aliphatic heterocycles. The third kappa shape index (κ3) is 3.50. The minimum absolute atomic E-state index is 0.262. The van der Waals surface area contributed by atoms with Crippen molar-refractivity contribution in [2.24, 2.45) is 5.92 Å². The second-order valence-corrected chi connectivity index (χ2v) is 4.01. The topological polar surface area (TPSA) is 9.23 Å². The summed E-state index contributed by atoms with van der Waals surface area (Å²) >= 11 is 0. The van der Waals surface area contributed by atoms with Gasteiger partial charge in [-0.05, 0) is 36.5 Å². The number of aryl methyl sites for hydroxylation is 1. The fraction of sp³-hybridized carbons (Fsp3) is 0.500. The fourth-order valence-electron chi connectivity index (χ4n) is 1.65. The molecule has 0 aromatic heterocycles. The molecule has 1 aromatic carbocycles. The summed E-state index contributed by atoms with van der Waals surface area (Å²) in [7, 11) is 0. The normalized spacial score (nSPS) is 15.7. The summed E-state index contributed by atoms with van der Waals surface area (Å²) in [4.78, 5) is 0. The van der Waals surface area contributed by atoms with Crippen molar-refractivity contribution in [3.63, 3.8) is 0 Å². The largest absolute Gasteiger partial charge is 0.435 e. The quantitative estimate of drug-likeness (QED) is 0.724. The highest BCUT2D eigenvalue weighted by Gasteiger charge is 2.20. The lowest BCUT2D eigenvalue weighted by atomic mass is 10.1. The average molecular weight is 212 g/mol. The SMILES string of the molecule is FC(F)Oc1cccc(CCC2CC2)c1. The van der Waals surface area contributed by atoms with Crippen molar-refractivity contribution >= 4 is 0 Å². The molecule has 1 aliphatic rings. The van der Waals surface area contributed by atoms with E-state index in [1.807, 2.05) is 6.07 Å². The van der Waals surface area contributed by atoms with Crippen LogP contribution in [0.3, 0.4) is 0 Å². The molecule has 1 nitrogen and oxygen atoms in total. The first-order valence-corrected chi connectivity index (χ1v) is 5.28. The van der Waals surface area contributed by atoms with Crippen molar-refractivity contribution < 1.29 is 13.5 Å². The van der Waals surface area contributed by atoms with Crippen LogP contribution < -0.4 is 4.74 Å². The molecule has 1 fully saturated rings. The summed E-state index contributed by atoms with van der Waals surface area (Å²) in [6.07, 6.45) is 4.78. The molecular weight excluding hydrogens is 198 g/mol. The molecule has 0 radical (unpaired) electrons. The van der Waals surface area contributed by atoms with Crippen LogP contribution in [0.25, 0.3) is 0 Å². The van der Waals surface area contributed by atoms with Gasteiger partial charge in [-0.1, -0.05) is 25.0 Å². The highest BCUT2D eigenvalue weighted by atomic mass is 19.3. The van der Waals surface area contributed by atoms with E-state index in [9.17, 15) is 8.78 Å². The Morgan fingerprint density at radius 3 is 2.80 bits per heavy atom. The number of hydrogen-bond donors (Lipinski definition) is 0. The van der Waals surface area contributed by atoms with Gasteiger partial charge in [0, 0.05) is 0 Å². The number of rotatable bonds is 5. The first-order valence-electron chi connectivity index (χ1n) is 5.28. The van der Waals surface area contributed by atoms with E-state index in [1.54, 1.807) is 18.2 Å². The van der Waals surface area contributed by atoms with Gasteiger partial charge in [-0.3, -0.25) is 0 Å². The van der Waals surface area contributed by atoms with E-state index >= 15 is 0 Å². The van der Waals surface area contributed by atoms with Gasteiger partial charge in [0.15, 0.2) is 0 Å². The molecule has 0 N–H and O–H groups in total. The molecule has 0 bridgehead atoms. The number of alkyl halides is 2. The van der Waals surface area contributed by atoms with Crippen molar-refractivity contribution in [3.05, 3.63) is 29.8 Å². The molecule has 0 atom stereocenters. The molecule has 0 unspecified atom stereocenters. The van der Waals surface area contributed by atoms with Gasteiger partial charge in [0.1, 0.15) is 5.75 Å². The minimum atomic E-state index is -2.73. The van der Waals surface area contributed by atoms with Crippen LogP contribution in [0.4, 0.5) is 8.78 Å². The van der Waals surface area contributed by atoms with Crippen LogP contribution in [0.15, 0.2) is 24.3 Å². The van der Waals surface area contributed by atoms with Crippen LogP contribution in [0.1, 0.15) is 24.8 Å². The minimum Gasteiger partial charge on any atom is -0.435 e. The Kier molecular flexibility index (Phi) is 3.19. The van der Waals surface area contributed by atoms with Gasteiger partial charge >= 0.3 is 6.61 Å². The molecule has 1 aromatic rings. The molecule has 0 spiro atoms. The zero-order chi connectivity index (χ0) is 10.7.